The Morgan fingerprint density at radius 1 is 1.21 bits per heavy atom. The van der Waals surface area contributed by atoms with Crippen LogP contribution in [0.25, 0.3) is 0 Å². The summed E-state index contributed by atoms with van der Waals surface area (Å²) in [7, 11) is 0. The van der Waals surface area contributed by atoms with Gasteiger partial charge in [0.05, 0.1) is 18.2 Å². The number of hydrogen-bond donors (Lipinski definition) is 1. The Labute approximate surface area is 147 Å². The van der Waals surface area contributed by atoms with Crippen molar-refractivity contribution in [2.24, 2.45) is 0 Å². The van der Waals surface area contributed by atoms with Crippen molar-refractivity contribution >= 4 is 17.5 Å². The van der Waals surface area contributed by atoms with Gasteiger partial charge in [-0.2, -0.15) is 0 Å². The maximum Gasteiger partial charge on any atom is 0.251 e. The number of nitrogens with zero attached hydrogens (tertiary/aromatic N) is 1. The maximum atomic E-state index is 12.4. The fraction of sp³-hybridized carbons (Fsp3) is 0.333. The highest BCUT2D eigenvalue weighted by Crippen LogP contribution is 2.36. The molecular formula is C18H21ClN2O3. The van der Waals surface area contributed by atoms with Crippen LogP contribution in [-0.4, -0.2) is 24.1 Å². The molecule has 0 spiro atoms. The second-order valence-corrected chi connectivity index (χ2v) is 5.51. The summed E-state index contributed by atoms with van der Waals surface area (Å²) in [6.07, 6.45) is 4.23. The highest BCUT2D eigenvalue weighted by atomic mass is 35.5. The molecule has 1 aromatic carbocycles. The van der Waals surface area contributed by atoms with E-state index in [1.807, 2.05) is 26.0 Å². The fourth-order valence-electron chi connectivity index (χ4n) is 2.09. The molecule has 6 heteroatoms. The topological polar surface area (TPSA) is 60.5 Å². The molecule has 0 bridgehead atoms. The Kier molecular flexibility index (Phi) is 6.88. The third-order valence-electron chi connectivity index (χ3n) is 3.22. The summed E-state index contributed by atoms with van der Waals surface area (Å²) in [6, 6.07) is 6.94. The normalized spacial score (nSPS) is 10.3. The minimum atomic E-state index is -0.225. The molecule has 5 nitrogen and oxygen atoms in total. The molecule has 24 heavy (non-hydrogen) atoms. The average Bonchev–Trinajstić information content (AvgIpc) is 2.60. The van der Waals surface area contributed by atoms with Gasteiger partial charge in [-0.3, -0.25) is 9.78 Å². The summed E-state index contributed by atoms with van der Waals surface area (Å²) in [5.41, 5.74) is 1.40. The molecule has 0 radical (unpaired) electrons. The van der Waals surface area contributed by atoms with Crippen molar-refractivity contribution in [3.05, 3.63) is 52.8 Å². The van der Waals surface area contributed by atoms with Gasteiger partial charge in [0, 0.05) is 24.5 Å². The number of rotatable bonds is 8. The molecule has 0 fully saturated rings. The summed E-state index contributed by atoms with van der Waals surface area (Å²) in [4.78, 5) is 16.3. The van der Waals surface area contributed by atoms with E-state index in [1.165, 1.54) is 0 Å². The molecule has 1 amide bonds. The first-order valence-electron chi connectivity index (χ1n) is 7.92. The number of carbonyl (C=O) groups excluding carboxylic acids is 1. The van der Waals surface area contributed by atoms with Gasteiger partial charge in [0.2, 0.25) is 0 Å². The molecule has 2 aromatic rings. The second-order valence-electron chi connectivity index (χ2n) is 5.10. The quantitative estimate of drug-likeness (QED) is 0.787. The molecule has 0 saturated heterocycles. The number of aromatic nitrogens is 1. The first-order valence-corrected chi connectivity index (χ1v) is 8.29. The zero-order valence-electron chi connectivity index (χ0n) is 13.8. The lowest BCUT2D eigenvalue weighted by molar-refractivity contribution is 0.0950. The van der Waals surface area contributed by atoms with E-state index in [0.717, 1.165) is 12.0 Å². The Morgan fingerprint density at radius 3 is 2.62 bits per heavy atom. The predicted molar refractivity (Wildman–Crippen MR) is 93.8 cm³/mol. The minimum Gasteiger partial charge on any atom is -0.490 e. The molecular weight excluding hydrogens is 328 g/mol. The lowest BCUT2D eigenvalue weighted by Gasteiger charge is -2.15. The van der Waals surface area contributed by atoms with Crippen molar-refractivity contribution < 1.29 is 14.3 Å². The van der Waals surface area contributed by atoms with Crippen molar-refractivity contribution in [3.63, 3.8) is 0 Å². The maximum absolute atomic E-state index is 12.4. The van der Waals surface area contributed by atoms with Gasteiger partial charge in [-0.05, 0) is 43.2 Å². The molecule has 0 unspecified atom stereocenters. The smallest absolute Gasteiger partial charge is 0.251 e. The summed E-state index contributed by atoms with van der Waals surface area (Å²) < 4.78 is 11.2. The van der Waals surface area contributed by atoms with Crippen LogP contribution in [0.5, 0.6) is 11.5 Å². The van der Waals surface area contributed by atoms with Crippen LogP contribution in [0.2, 0.25) is 5.02 Å². The third-order valence-corrected chi connectivity index (χ3v) is 3.51. The van der Waals surface area contributed by atoms with Crippen molar-refractivity contribution in [1.29, 1.82) is 0 Å². The van der Waals surface area contributed by atoms with Gasteiger partial charge in [-0.25, -0.2) is 0 Å². The second kappa shape index (κ2) is 9.13. The van der Waals surface area contributed by atoms with E-state index in [-0.39, 0.29) is 5.91 Å². The highest BCUT2D eigenvalue weighted by Gasteiger charge is 2.16. The Balaban J connectivity index is 2.15. The van der Waals surface area contributed by atoms with Crippen LogP contribution in [0.15, 0.2) is 36.7 Å². The number of carbonyl (C=O) groups is 1. The van der Waals surface area contributed by atoms with E-state index in [4.69, 9.17) is 21.1 Å². The number of amides is 1. The molecule has 0 saturated carbocycles. The molecule has 0 atom stereocenters. The van der Waals surface area contributed by atoms with Crippen molar-refractivity contribution in [3.8, 4) is 11.5 Å². The summed E-state index contributed by atoms with van der Waals surface area (Å²) >= 11 is 6.27. The number of halogens is 1. The number of pyridine rings is 1. The number of ether oxygens (including phenoxy) is 2. The monoisotopic (exact) mass is 348 g/mol. The highest BCUT2D eigenvalue weighted by molar-refractivity contribution is 6.32. The SMILES string of the molecule is CCCOc1c(Cl)cc(C(=O)NCc2ccncc2)cc1OCC. The molecule has 0 aliphatic rings. The van der Waals surface area contributed by atoms with E-state index in [9.17, 15) is 4.79 Å². The molecule has 1 heterocycles. The summed E-state index contributed by atoms with van der Waals surface area (Å²) in [5, 5.41) is 3.22. The minimum absolute atomic E-state index is 0.225. The molecule has 0 aliphatic heterocycles. The largest absolute Gasteiger partial charge is 0.490 e. The zero-order valence-corrected chi connectivity index (χ0v) is 14.6. The van der Waals surface area contributed by atoms with Crippen LogP contribution < -0.4 is 14.8 Å². The van der Waals surface area contributed by atoms with Gasteiger partial charge < -0.3 is 14.8 Å². The number of benzene rings is 1. The lowest BCUT2D eigenvalue weighted by Crippen LogP contribution is -2.23. The van der Waals surface area contributed by atoms with E-state index >= 15 is 0 Å². The molecule has 128 valence electrons. The first-order chi connectivity index (χ1) is 11.7. The number of nitrogens with one attached hydrogen (secondary N) is 1. The van der Waals surface area contributed by atoms with Gasteiger partial charge in [0.25, 0.3) is 5.91 Å². The van der Waals surface area contributed by atoms with Crippen LogP contribution in [0.1, 0.15) is 36.2 Å². The van der Waals surface area contributed by atoms with Crippen molar-refractivity contribution in [1.82, 2.24) is 10.3 Å². The van der Waals surface area contributed by atoms with Crippen LogP contribution in [0.4, 0.5) is 0 Å². The van der Waals surface area contributed by atoms with E-state index < -0.39 is 0 Å². The van der Waals surface area contributed by atoms with Gasteiger partial charge >= 0.3 is 0 Å². The Bertz CT molecular complexity index is 677. The number of hydrogen-bond acceptors (Lipinski definition) is 4. The van der Waals surface area contributed by atoms with Crippen LogP contribution in [-0.2, 0) is 6.54 Å². The predicted octanol–water partition coefficient (Wildman–Crippen LogP) is 3.85. The Morgan fingerprint density at radius 2 is 1.96 bits per heavy atom. The van der Waals surface area contributed by atoms with Gasteiger partial charge in [-0.1, -0.05) is 18.5 Å². The molecule has 1 aromatic heterocycles. The van der Waals surface area contributed by atoms with Gasteiger partial charge in [0.1, 0.15) is 0 Å². The van der Waals surface area contributed by atoms with E-state index in [2.05, 4.69) is 10.3 Å². The fourth-order valence-corrected chi connectivity index (χ4v) is 2.36. The standard InChI is InChI=1S/C18H21ClN2O3/c1-3-9-24-17-15(19)10-14(11-16(17)23-4-2)18(22)21-12-13-5-7-20-8-6-13/h5-8,10-11H,3-4,9,12H2,1-2H3,(H,21,22). The Hall–Kier alpha value is -2.27. The van der Waals surface area contributed by atoms with Crippen molar-refractivity contribution in [2.45, 2.75) is 26.8 Å². The average molecular weight is 349 g/mol. The first kappa shape index (κ1) is 18.1. The summed E-state index contributed by atoms with van der Waals surface area (Å²) in [6.45, 7) is 5.29. The van der Waals surface area contributed by atoms with Crippen LogP contribution in [0, 0.1) is 0 Å². The van der Waals surface area contributed by atoms with Gasteiger partial charge in [0.15, 0.2) is 11.5 Å². The molecule has 2 rings (SSSR count). The lowest BCUT2D eigenvalue weighted by atomic mass is 10.1. The van der Waals surface area contributed by atoms with E-state index in [0.29, 0.717) is 41.8 Å². The third kappa shape index (κ3) is 4.86. The van der Waals surface area contributed by atoms with E-state index in [1.54, 1.807) is 24.5 Å². The molecule has 1 N–H and O–H groups in total. The zero-order chi connectivity index (χ0) is 17.4. The van der Waals surface area contributed by atoms with Crippen molar-refractivity contribution in [2.75, 3.05) is 13.2 Å². The molecule has 0 aliphatic carbocycles. The van der Waals surface area contributed by atoms with Gasteiger partial charge in [-0.15, -0.1) is 0 Å². The summed E-state index contributed by atoms with van der Waals surface area (Å²) in [5.74, 6) is 0.732. The van der Waals surface area contributed by atoms with Crippen LogP contribution >= 0.6 is 11.6 Å². The van der Waals surface area contributed by atoms with Crippen LogP contribution in [0.3, 0.4) is 0 Å².